The Morgan fingerprint density at radius 3 is 2.58 bits per heavy atom. The molecule has 0 saturated heterocycles. The summed E-state index contributed by atoms with van der Waals surface area (Å²) in [7, 11) is 0. The number of rotatable bonds is 9. The van der Waals surface area contributed by atoms with Gasteiger partial charge in [-0.3, -0.25) is 14.2 Å². The molecule has 8 heteroatoms. The molecule has 5 rings (SSSR count). The van der Waals surface area contributed by atoms with Gasteiger partial charge in [0, 0.05) is 29.6 Å². The Kier molecular flexibility index (Phi) is 7.20. The van der Waals surface area contributed by atoms with Gasteiger partial charge in [0.05, 0.1) is 16.2 Å². The van der Waals surface area contributed by atoms with E-state index in [1.165, 1.54) is 10.8 Å². The Hall–Kier alpha value is -4.10. The van der Waals surface area contributed by atoms with Crippen molar-refractivity contribution in [2.75, 3.05) is 5.32 Å². The average Bonchev–Trinajstić information content (AvgIpc) is 3.74. The smallest absolute Gasteiger partial charge is 0.297 e. The second-order valence-corrected chi connectivity index (χ2v) is 10.3. The minimum Gasteiger partial charge on any atom is -0.489 e. The number of amides is 1. The number of hydrogen-bond donors (Lipinski definition) is 2. The first-order chi connectivity index (χ1) is 18.3. The van der Waals surface area contributed by atoms with Gasteiger partial charge in [0.2, 0.25) is 0 Å². The first kappa shape index (κ1) is 25.5. The third-order valence-corrected chi connectivity index (χ3v) is 6.77. The van der Waals surface area contributed by atoms with E-state index >= 15 is 0 Å². The van der Waals surface area contributed by atoms with Crippen molar-refractivity contribution >= 4 is 23.3 Å². The van der Waals surface area contributed by atoms with E-state index in [9.17, 15) is 9.59 Å². The van der Waals surface area contributed by atoms with Gasteiger partial charge in [0.25, 0.3) is 11.5 Å². The van der Waals surface area contributed by atoms with E-state index in [1.54, 1.807) is 24.4 Å². The van der Waals surface area contributed by atoms with Crippen molar-refractivity contribution in [2.45, 2.75) is 44.9 Å². The molecule has 1 heterocycles. The van der Waals surface area contributed by atoms with E-state index in [2.05, 4.69) is 15.6 Å². The number of halogens is 1. The Morgan fingerprint density at radius 1 is 1.08 bits per heavy atom. The van der Waals surface area contributed by atoms with Crippen molar-refractivity contribution in [1.29, 1.82) is 0 Å². The lowest BCUT2D eigenvalue weighted by Gasteiger charge is -2.29. The third kappa shape index (κ3) is 5.73. The number of carbonyl (C=O) groups excluding carboxylic acids is 1. The normalized spacial score (nSPS) is 13.1. The molecule has 1 saturated carbocycles. The maximum absolute atomic E-state index is 13.5. The number of nitrogens with one attached hydrogen (secondary N) is 2. The highest BCUT2D eigenvalue weighted by Gasteiger charge is 2.27. The summed E-state index contributed by atoms with van der Waals surface area (Å²) in [6.45, 7) is 4.35. The average molecular weight is 529 g/mol. The van der Waals surface area contributed by atoms with E-state index in [0.717, 1.165) is 24.0 Å². The molecule has 1 fully saturated rings. The largest absolute Gasteiger partial charge is 0.489 e. The number of benzene rings is 3. The number of nitrogens with zero attached hydrogens (tertiary/aromatic N) is 2. The second-order valence-electron chi connectivity index (χ2n) is 9.89. The quantitative estimate of drug-likeness (QED) is 0.291. The van der Waals surface area contributed by atoms with Crippen LogP contribution in [0.3, 0.4) is 0 Å². The molecule has 0 spiro atoms. The van der Waals surface area contributed by atoms with Gasteiger partial charge >= 0.3 is 0 Å². The number of para-hydroxylation sites is 1. The first-order valence-electron chi connectivity index (χ1n) is 12.5. The zero-order valence-corrected chi connectivity index (χ0v) is 22.0. The van der Waals surface area contributed by atoms with E-state index in [-0.39, 0.29) is 23.3 Å². The molecule has 0 aliphatic heterocycles. The van der Waals surface area contributed by atoms with Gasteiger partial charge in [-0.1, -0.05) is 60.1 Å². The summed E-state index contributed by atoms with van der Waals surface area (Å²) in [4.78, 5) is 30.5. The predicted molar refractivity (Wildman–Crippen MR) is 149 cm³/mol. The fourth-order valence-corrected chi connectivity index (χ4v) is 4.44. The zero-order chi connectivity index (χ0) is 26.7. The molecule has 0 bridgehead atoms. The van der Waals surface area contributed by atoms with Crippen LogP contribution in [-0.4, -0.2) is 21.5 Å². The van der Waals surface area contributed by atoms with Crippen LogP contribution >= 0.6 is 11.6 Å². The summed E-state index contributed by atoms with van der Waals surface area (Å²) in [5.41, 5.74) is 1.71. The Morgan fingerprint density at radius 2 is 1.82 bits per heavy atom. The maximum atomic E-state index is 13.5. The van der Waals surface area contributed by atoms with Crippen LogP contribution in [0.25, 0.3) is 5.69 Å². The van der Waals surface area contributed by atoms with Gasteiger partial charge in [0.1, 0.15) is 12.4 Å². The predicted octanol–water partition coefficient (Wildman–Crippen LogP) is 5.70. The van der Waals surface area contributed by atoms with Crippen molar-refractivity contribution in [3.05, 3.63) is 117 Å². The third-order valence-electron chi connectivity index (χ3n) is 6.45. The van der Waals surface area contributed by atoms with E-state index in [1.807, 2.05) is 68.4 Å². The minimum absolute atomic E-state index is 0.152. The molecule has 1 aromatic heterocycles. The van der Waals surface area contributed by atoms with Crippen LogP contribution in [0.5, 0.6) is 5.75 Å². The van der Waals surface area contributed by atoms with Crippen LogP contribution in [0.15, 0.2) is 90.0 Å². The van der Waals surface area contributed by atoms with Gasteiger partial charge in [-0.05, 0) is 56.5 Å². The monoisotopic (exact) mass is 528 g/mol. The van der Waals surface area contributed by atoms with Crippen molar-refractivity contribution in [3.8, 4) is 11.4 Å². The SMILES string of the molecule is CC(C)(Nc1nccn(-c2cc(C(=O)NC3CC3)ccc2Cl)c1=O)c1ccccc1OCc1ccccc1. The molecule has 7 nitrogen and oxygen atoms in total. The van der Waals surface area contributed by atoms with Crippen molar-refractivity contribution < 1.29 is 9.53 Å². The molecular weight excluding hydrogens is 500 g/mol. The van der Waals surface area contributed by atoms with Gasteiger partial charge < -0.3 is 15.4 Å². The maximum Gasteiger partial charge on any atom is 0.297 e. The zero-order valence-electron chi connectivity index (χ0n) is 21.3. The molecule has 3 aromatic carbocycles. The summed E-state index contributed by atoms with van der Waals surface area (Å²) in [6, 6.07) is 22.8. The highest BCUT2D eigenvalue weighted by atomic mass is 35.5. The van der Waals surface area contributed by atoms with Crippen molar-refractivity contribution in [2.24, 2.45) is 0 Å². The molecule has 0 unspecified atom stereocenters. The Bertz CT molecular complexity index is 1510. The molecule has 2 N–H and O–H groups in total. The lowest BCUT2D eigenvalue weighted by molar-refractivity contribution is 0.0951. The van der Waals surface area contributed by atoms with Crippen LogP contribution in [0.4, 0.5) is 5.82 Å². The molecule has 4 aromatic rings. The molecule has 194 valence electrons. The first-order valence-corrected chi connectivity index (χ1v) is 12.9. The number of hydrogen-bond acceptors (Lipinski definition) is 5. The topological polar surface area (TPSA) is 85.3 Å². The van der Waals surface area contributed by atoms with Crippen molar-refractivity contribution in [1.82, 2.24) is 14.9 Å². The van der Waals surface area contributed by atoms with E-state index in [0.29, 0.717) is 28.6 Å². The summed E-state index contributed by atoms with van der Waals surface area (Å²) in [5.74, 6) is 0.681. The summed E-state index contributed by atoms with van der Waals surface area (Å²) in [5, 5.41) is 6.61. The van der Waals surface area contributed by atoms with Crippen LogP contribution < -0.4 is 20.9 Å². The van der Waals surface area contributed by atoms with Crippen LogP contribution in [0, 0.1) is 0 Å². The highest BCUT2D eigenvalue weighted by Crippen LogP contribution is 2.32. The Balaban J connectivity index is 1.41. The van der Waals surface area contributed by atoms with Crippen LogP contribution in [-0.2, 0) is 12.1 Å². The summed E-state index contributed by atoms with van der Waals surface area (Å²) >= 11 is 6.46. The van der Waals surface area contributed by atoms with Gasteiger partial charge in [-0.15, -0.1) is 0 Å². The second kappa shape index (κ2) is 10.7. The highest BCUT2D eigenvalue weighted by molar-refractivity contribution is 6.32. The lowest BCUT2D eigenvalue weighted by atomic mass is 9.93. The molecule has 1 aliphatic carbocycles. The fourth-order valence-electron chi connectivity index (χ4n) is 4.23. The number of carbonyl (C=O) groups is 1. The molecule has 1 amide bonds. The summed E-state index contributed by atoms with van der Waals surface area (Å²) < 4.78 is 7.56. The van der Waals surface area contributed by atoms with Crippen molar-refractivity contribution in [3.63, 3.8) is 0 Å². The van der Waals surface area contributed by atoms with Gasteiger partial charge in [0.15, 0.2) is 5.82 Å². The molecular formula is C30H29ClN4O3. The lowest BCUT2D eigenvalue weighted by Crippen LogP contribution is -2.34. The molecule has 0 radical (unpaired) electrons. The minimum atomic E-state index is -0.700. The molecule has 1 aliphatic rings. The molecule has 0 atom stereocenters. The fraction of sp³-hybridized carbons (Fsp3) is 0.233. The van der Waals surface area contributed by atoms with Gasteiger partial charge in [-0.2, -0.15) is 0 Å². The van der Waals surface area contributed by atoms with E-state index in [4.69, 9.17) is 16.3 Å². The Labute approximate surface area is 226 Å². The molecule has 38 heavy (non-hydrogen) atoms. The standard InChI is InChI=1S/C30H29ClN4O3/c1-30(2,23-10-6-7-11-26(23)38-19-20-8-4-3-5-9-20)34-27-29(37)35(17-16-32-27)25-18-21(12-15-24(25)31)28(36)33-22-13-14-22/h3-12,15-18,22H,13-14,19H2,1-2H3,(H,32,34)(H,33,36). The van der Waals surface area contributed by atoms with E-state index < -0.39 is 5.54 Å². The number of ether oxygens (including phenoxy) is 1. The van der Waals surface area contributed by atoms with Crippen LogP contribution in [0.2, 0.25) is 5.02 Å². The van der Waals surface area contributed by atoms with Gasteiger partial charge in [-0.25, -0.2) is 4.98 Å². The number of aromatic nitrogens is 2. The summed E-state index contributed by atoms with van der Waals surface area (Å²) in [6.07, 6.45) is 5.05. The van der Waals surface area contributed by atoms with Crippen LogP contribution in [0.1, 0.15) is 48.2 Å². The number of anilines is 1.